The molecule has 0 radical (unpaired) electrons. The Balaban J connectivity index is 3.46. The number of ether oxygens (including phenoxy) is 1. The van der Waals surface area contributed by atoms with Crippen LogP contribution in [0.1, 0.15) is 46.5 Å². The van der Waals surface area contributed by atoms with Crippen LogP contribution in [0.15, 0.2) is 0 Å². The van der Waals surface area contributed by atoms with Crippen LogP contribution in [0.25, 0.3) is 0 Å². The molecule has 0 atom stereocenters. The van der Waals surface area contributed by atoms with E-state index in [1.165, 1.54) is 0 Å². The van der Waals surface area contributed by atoms with Crippen molar-refractivity contribution in [2.24, 2.45) is 5.41 Å². The molecule has 0 aromatic heterocycles. The highest BCUT2D eigenvalue weighted by atomic mass is 16.5. The highest BCUT2D eigenvalue weighted by molar-refractivity contribution is 5.71. The van der Waals surface area contributed by atoms with Gasteiger partial charge in [0, 0.05) is 12.8 Å². The van der Waals surface area contributed by atoms with Crippen LogP contribution in [0, 0.1) is 5.41 Å². The fourth-order valence-electron chi connectivity index (χ4n) is 0.927. The minimum Gasteiger partial charge on any atom is -0.481 e. The Kier molecular flexibility index (Phi) is 5.97. The van der Waals surface area contributed by atoms with E-state index in [1.807, 2.05) is 0 Å². The summed E-state index contributed by atoms with van der Waals surface area (Å²) in [5.41, 5.74) is 0.154. The fraction of sp³-hybridized carbons (Fsp3) is 0.818. The molecule has 0 spiro atoms. The monoisotopic (exact) mass is 216 g/mol. The van der Waals surface area contributed by atoms with Gasteiger partial charge in [0.25, 0.3) is 0 Å². The standard InChI is InChI=1S/C11H20O4/c1-11(2,3)7-8-15-10(14)6-4-5-9(12)13/h4-8H2,1-3H3,(H,12,13). The minimum atomic E-state index is -0.877. The molecule has 0 aromatic carbocycles. The van der Waals surface area contributed by atoms with Crippen LogP contribution < -0.4 is 0 Å². The number of rotatable bonds is 6. The number of carbonyl (C=O) groups excluding carboxylic acids is 1. The van der Waals surface area contributed by atoms with E-state index in [0.717, 1.165) is 6.42 Å². The molecule has 0 saturated carbocycles. The lowest BCUT2D eigenvalue weighted by molar-refractivity contribution is -0.144. The fourth-order valence-corrected chi connectivity index (χ4v) is 0.927. The molecule has 0 aliphatic rings. The largest absolute Gasteiger partial charge is 0.481 e. The van der Waals surface area contributed by atoms with Crippen LogP contribution in [-0.4, -0.2) is 23.7 Å². The van der Waals surface area contributed by atoms with Gasteiger partial charge < -0.3 is 9.84 Å². The second kappa shape index (κ2) is 6.43. The smallest absolute Gasteiger partial charge is 0.305 e. The predicted octanol–water partition coefficient (Wildman–Crippen LogP) is 2.22. The van der Waals surface area contributed by atoms with E-state index in [9.17, 15) is 9.59 Å². The Morgan fingerprint density at radius 3 is 2.27 bits per heavy atom. The number of aliphatic carboxylic acids is 1. The molecule has 0 heterocycles. The second-order valence-corrected chi connectivity index (χ2v) is 4.78. The molecule has 4 heteroatoms. The molecule has 0 amide bonds. The maximum Gasteiger partial charge on any atom is 0.305 e. The molecule has 1 N–H and O–H groups in total. The van der Waals surface area contributed by atoms with Crippen LogP contribution in [0.4, 0.5) is 0 Å². The quantitative estimate of drug-likeness (QED) is 0.691. The van der Waals surface area contributed by atoms with Gasteiger partial charge in [-0.3, -0.25) is 9.59 Å². The zero-order valence-corrected chi connectivity index (χ0v) is 9.71. The summed E-state index contributed by atoms with van der Waals surface area (Å²) in [6, 6.07) is 0. The Morgan fingerprint density at radius 1 is 1.20 bits per heavy atom. The SMILES string of the molecule is CC(C)(C)CCOC(=O)CCCC(=O)O. The summed E-state index contributed by atoms with van der Waals surface area (Å²) >= 11 is 0. The van der Waals surface area contributed by atoms with Crippen LogP contribution in [0.3, 0.4) is 0 Å². The molecule has 0 aromatic rings. The van der Waals surface area contributed by atoms with Gasteiger partial charge in [-0.05, 0) is 18.3 Å². The first-order valence-corrected chi connectivity index (χ1v) is 5.19. The number of hydrogen-bond donors (Lipinski definition) is 1. The number of esters is 1. The van der Waals surface area contributed by atoms with Crippen molar-refractivity contribution in [3.63, 3.8) is 0 Å². The van der Waals surface area contributed by atoms with Crippen molar-refractivity contribution in [3.8, 4) is 0 Å². The van der Waals surface area contributed by atoms with Crippen LogP contribution >= 0.6 is 0 Å². The van der Waals surface area contributed by atoms with E-state index >= 15 is 0 Å². The molecule has 88 valence electrons. The normalized spacial score (nSPS) is 11.1. The van der Waals surface area contributed by atoms with E-state index in [4.69, 9.17) is 9.84 Å². The predicted molar refractivity (Wildman–Crippen MR) is 56.5 cm³/mol. The Bertz CT molecular complexity index is 215. The molecular weight excluding hydrogens is 196 g/mol. The first-order valence-electron chi connectivity index (χ1n) is 5.19. The average molecular weight is 216 g/mol. The van der Waals surface area contributed by atoms with Crippen LogP contribution in [0.2, 0.25) is 0 Å². The lowest BCUT2D eigenvalue weighted by Crippen LogP contribution is -2.13. The van der Waals surface area contributed by atoms with Gasteiger partial charge in [0.1, 0.15) is 0 Å². The van der Waals surface area contributed by atoms with E-state index in [0.29, 0.717) is 13.0 Å². The van der Waals surface area contributed by atoms with Crippen molar-refractivity contribution in [2.75, 3.05) is 6.61 Å². The molecule has 0 unspecified atom stereocenters. The van der Waals surface area contributed by atoms with Crippen LogP contribution in [0.5, 0.6) is 0 Å². The van der Waals surface area contributed by atoms with Gasteiger partial charge in [-0.25, -0.2) is 0 Å². The maximum absolute atomic E-state index is 11.1. The summed E-state index contributed by atoms with van der Waals surface area (Å²) < 4.78 is 4.97. The molecular formula is C11H20O4. The Labute approximate surface area is 90.6 Å². The van der Waals surface area contributed by atoms with Crippen molar-refractivity contribution < 1.29 is 19.4 Å². The van der Waals surface area contributed by atoms with Crippen LogP contribution in [-0.2, 0) is 14.3 Å². The summed E-state index contributed by atoms with van der Waals surface area (Å²) in [5, 5.41) is 8.36. The number of carboxylic acid groups (broad SMARTS) is 1. The summed E-state index contributed by atoms with van der Waals surface area (Å²) in [4.78, 5) is 21.3. The molecule has 15 heavy (non-hydrogen) atoms. The van der Waals surface area contributed by atoms with Gasteiger partial charge in [0.2, 0.25) is 0 Å². The molecule has 0 fully saturated rings. The van der Waals surface area contributed by atoms with E-state index in [-0.39, 0.29) is 24.2 Å². The van der Waals surface area contributed by atoms with E-state index in [2.05, 4.69) is 20.8 Å². The zero-order chi connectivity index (χ0) is 11.9. The first-order chi connectivity index (χ1) is 6.81. The molecule has 0 bridgehead atoms. The van der Waals surface area contributed by atoms with Gasteiger partial charge in [-0.1, -0.05) is 20.8 Å². The van der Waals surface area contributed by atoms with E-state index in [1.54, 1.807) is 0 Å². The third-order valence-corrected chi connectivity index (χ3v) is 1.89. The molecule has 0 aliphatic carbocycles. The molecule has 0 rings (SSSR count). The van der Waals surface area contributed by atoms with Gasteiger partial charge in [-0.2, -0.15) is 0 Å². The van der Waals surface area contributed by atoms with Crippen molar-refractivity contribution in [3.05, 3.63) is 0 Å². The maximum atomic E-state index is 11.1. The third-order valence-electron chi connectivity index (χ3n) is 1.89. The highest BCUT2D eigenvalue weighted by Crippen LogP contribution is 2.18. The summed E-state index contributed by atoms with van der Waals surface area (Å²) in [7, 11) is 0. The molecule has 0 saturated heterocycles. The minimum absolute atomic E-state index is 0.0222. The van der Waals surface area contributed by atoms with Gasteiger partial charge in [0.05, 0.1) is 6.61 Å². The summed E-state index contributed by atoms with van der Waals surface area (Å²) in [6.45, 7) is 6.64. The average Bonchev–Trinajstić information content (AvgIpc) is 2.00. The van der Waals surface area contributed by atoms with Crippen molar-refractivity contribution in [2.45, 2.75) is 46.5 Å². The lowest BCUT2D eigenvalue weighted by Gasteiger charge is -2.17. The van der Waals surface area contributed by atoms with Crippen molar-refractivity contribution in [1.29, 1.82) is 0 Å². The molecule has 0 aliphatic heterocycles. The van der Waals surface area contributed by atoms with Gasteiger partial charge in [-0.15, -0.1) is 0 Å². The first kappa shape index (κ1) is 13.9. The summed E-state index contributed by atoms with van der Waals surface area (Å²) in [5.74, 6) is -1.18. The number of hydrogen-bond acceptors (Lipinski definition) is 3. The van der Waals surface area contributed by atoms with Crippen molar-refractivity contribution >= 4 is 11.9 Å². The number of carbonyl (C=O) groups is 2. The lowest BCUT2D eigenvalue weighted by atomic mass is 9.93. The van der Waals surface area contributed by atoms with Gasteiger partial charge >= 0.3 is 11.9 Å². The topological polar surface area (TPSA) is 63.6 Å². The molecule has 4 nitrogen and oxygen atoms in total. The van der Waals surface area contributed by atoms with Gasteiger partial charge in [0.15, 0.2) is 0 Å². The van der Waals surface area contributed by atoms with Crippen molar-refractivity contribution in [1.82, 2.24) is 0 Å². The summed E-state index contributed by atoms with van der Waals surface area (Å²) in [6.07, 6.45) is 1.38. The Hall–Kier alpha value is -1.06. The third kappa shape index (κ3) is 10.9. The second-order valence-electron chi connectivity index (χ2n) is 4.78. The highest BCUT2D eigenvalue weighted by Gasteiger charge is 2.11. The Morgan fingerprint density at radius 2 is 1.80 bits per heavy atom. The zero-order valence-electron chi connectivity index (χ0n) is 9.71. The van der Waals surface area contributed by atoms with E-state index < -0.39 is 5.97 Å². The number of carboxylic acids is 1.